The normalized spacial score (nSPS) is 10.5. The van der Waals surface area contributed by atoms with Gasteiger partial charge in [-0.2, -0.15) is 0 Å². The van der Waals surface area contributed by atoms with Gasteiger partial charge < -0.3 is 11.1 Å². The topological polar surface area (TPSA) is 38.0 Å². The molecule has 0 unspecified atom stereocenters. The van der Waals surface area contributed by atoms with Gasteiger partial charge in [0.15, 0.2) is 0 Å². The summed E-state index contributed by atoms with van der Waals surface area (Å²) in [5.74, 6) is -0.247. The van der Waals surface area contributed by atoms with Crippen LogP contribution < -0.4 is 11.1 Å². The molecule has 0 aliphatic heterocycles. The molecule has 1 heterocycles. The first kappa shape index (κ1) is 12.1. The predicted octanol–water partition coefficient (Wildman–Crippen LogP) is 3.27. The van der Waals surface area contributed by atoms with Gasteiger partial charge in [-0.05, 0) is 47.7 Å². The summed E-state index contributed by atoms with van der Waals surface area (Å²) in [5, 5.41) is 5.37. The molecular formula is C13H15FN2S. The molecule has 2 nitrogen and oxygen atoms in total. The monoisotopic (exact) mass is 250 g/mol. The number of nitrogens with two attached hydrogens (primary N) is 1. The number of thiophene rings is 1. The lowest BCUT2D eigenvalue weighted by atomic mass is 10.1. The van der Waals surface area contributed by atoms with Crippen LogP contribution >= 0.6 is 11.3 Å². The van der Waals surface area contributed by atoms with Crippen molar-refractivity contribution in [1.82, 2.24) is 0 Å². The van der Waals surface area contributed by atoms with Crippen molar-refractivity contribution in [3.8, 4) is 0 Å². The van der Waals surface area contributed by atoms with Crippen LogP contribution in [0.4, 0.5) is 10.1 Å². The Hall–Kier alpha value is -1.39. The van der Waals surface area contributed by atoms with Crippen molar-refractivity contribution in [3.63, 3.8) is 0 Å². The van der Waals surface area contributed by atoms with Crippen LogP contribution in [-0.2, 0) is 13.1 Å². The van der Waals surface area contributed by atoms with Crippen LogP contribution in [0.5, 0.6) is 0 Å². The summed E-state index contributed by atoms with van der Waals surface area (Å²) in [4.78, 5) is 1.29. The maximum atomic E-state index is 13.0. The van der Waals surface area contributed by atoms with Gasteiger partial charge in [0.05, 0.1) is 0 Å². The van der Waals surface area contributed by atoms with E-state index < -0.39 is 0 Å². The summed E-state index contributed by atoms with van der Waals surface area (Å²) in [6.07, 6.45) is 0. The van der Waals surface area contributed by atoms with Crippen LogP contribution in [0, 0.1) is 12.7 Å². The molecular weight excluding hydrogens is 235 g/mol. The molecule has 0 saturated carbocycles. The fourth-order valence-electron chi connectivity index (χ4n) is 1.66. The van der Waals surface area contributed by atoms with Crippen molar-refractivity contribution in [1.29, 1.82) is 0 Å². The largest absolute Gasteiger partial charge is 0.380 e. The third kappa shape index (κ3) is 2.84. The molecule has 0 radical (unpaired) electrons. The second kappa shape index (κ2) is 5.29. The van der Waals surface area contributed by atoms with Gasteiger partial charge in [-0.1, -0.05) is 0 Å². The zero-order chi connectivity index (χ0) is 12.3. The average molecular weight is 250 g/mol. The zero-order valence-electron chi connectivity index (χ0n) is 9.66. The Balaban J connectivity index is 2.11. The SMILES string of the molecule is Cc1ccsc1CNc1ccc(F)cc1CN. The van der Waals surface area contributed by atoms with Crippen molar-refractivity contribution in [2.75, 3.05) is 5.32 Å². The van der Waals surface area contributed by atoms with Gasteiger partial charge in [-0.15, -0.1) is 11.3 Å². The first-order valence-electron chi connectivity index (χ1n) is 5.46. The minimum atomic E-state index is -0.247. The van der Waals surface area contributed by atoms with Crippen LogP contribution in [0.1, 0.15) is 16.0 Å². The van der Waals surface area contributed by atoms with E-state index in [1.807, 2.05) is 0 Å². The van der Waals surface area contributed by atoms with Gasteiger partial charge in [-0.3, -0.25) is 0 Å². The van der Waals surface area contributed by atoms with Crippen molar-refractivity contribution >= 4 is 17.0 Å². The van der Waals surface area contributed by atoms with E-state index in [0.717, 1.165) is 17.8 Å². The zero-order valence-corrected chi connectivity index (χ0v) is 10.5. The quantitative estimate of drug-likeness (QED) is 0.874. The van der Waals surface area contributed by atoms with E-state index >= 15 is 0 Å². The third-order valence-electron chi connectivity index (χ3n) is 2.69. The third-order valence-corrected chi connectivity index (χ3v) is 3.72. The lowest BCUT2D eigenvalue weighted by molar-refractivity contribution is 0.625. The van der Waals surface area contributed by atoms with Crippen LogP contribution in [0.15, 0.2) is 29.6 Å². The van der Waals surface area contributed by atoms with E-state index in [1.54, 1.807) is 17.4 Å². The molecule has 17 heavy (non-hydrogen) atoms. The molecule has 0 spiro atoms. The fraction of sp³-hybridized carbons (Fsp3) is 0.231. The van der Waals surface area contributed by atoms with Crippen LogP contribution in [-0.4, -0.2) is 0 Å². The molecule has 2 rings (SSSR count). The summed E-state index contributed by atoms with van der Waals surface area (Å²) in [6.45, 7) is 3.17. The first-order chi connectivity index (χ1) is 8.20. The average Bonchev–Trinajstić information content (AvgIpc) is 2.73. The second-order valence-electron chi connectivity index (χ2n) is 3.89. The van der Waals surface area contributed by atoms with Crippen LogP contribution in [0.25, 0.3) is 0 Å². The van der Waals surface area contributed by atoms with Gasteiger partial charge in [0.25, 0.3) is 0 Å². The van der Waals surface area contributed by atoms with E-state index in [9.17, 15) is 4.39 Å². The molecule has 0 bridgehead atoms. The number of rotatable bonds is 4. The van der Waals surface area contributed by atoms with Gasteiger partial charge in [0.2, 0.25) is 0 Å². The van der Waals surface area contributed by atoms with Gasteiger partial charge in [-0.25, -0.2) is 4.39 Å². The molecule has 0 aliphatic carbocycles. The summed E-state index contributed by atoms with van der Waals surface area (Å²) >= 11 is 1.72. The van der Waals surface area contributed by atoms with Crippen molar-refractivity contribution in [2.45, 2.75) is 20.0 Å². The molecule has 90 valence electrons. The molecule has 3 N–H and O–H groups in total. The van der Waals surface area contributed by atoms with Crippen LogP contribution in [0.3, 0.4) is 0 Å². The fourth-order valence-corrected chi connectivity index (χ4v) is 2.51. The van der Waals surface area contributed by atoms with E-state index in [2.05, 4.69) is 23.7 Å². The number of anilines is 1. The van der Waals surface area contributed by atoms with Crippen molar-refractivity contribution in [3.05, 3.63) is 51.5 Å². The molecule has 0 atom stereocenters. The minimum Gasteiger partial charge on any atom is -0.380 e. The minimum absolute atomic E-state index is 0.247. The summed E-state index contributed by atoms with van der Waals surface area (Å²) < 4.78 is 13.0. The maximum Gasteiger partial charge on any atom is 0.123 e. The number of aryl methyl sites for hydroxylation is 1. The van der Waals surface area contributed by atoms with Gasteiger partial charge in [0.1, 0.15) is 5.82 Å². The van der Waals surface area contributed by atoms with Crippen LogP contribution in [0.2, 0.25) is 0 Å². The van der Waals surface area contributed by atoms with Crippen molar-refractivity contribution < 1.29 is 4.39 Å². The number of halogens is 1. The highest BCUT2D eigenvalue weighted by atomic mass is 32.1. The maximum absolute atomic E-state index is 13.0. The highest BCUT2D eigenvalue weighted by molar-refractivity contribution is 7.10. The number of benzene rings is 1. The lowest BCUT2D eigenvalue weighted by Crippen LogP contribution is -2.05. The molecule has 0 fully saturated rings. The molecule has 0 aliphatic rings. The Bertz CT molecular complexity index is 508. The standard InChI is InChI=1S/C13H15FN2S/c1-9-4-5-17-13(9)8-16-12-3-2-11(14)6-10(12)7-15/h2-6,16H,7-8,15H2,1H3. The Kier molecular flexibility index (Phi) is 3.76. The molecule has 0 saturated heterocycles. The molecule has 0 amide bonds. The molecule has 4 heteroatoms. The van der Waals surface area contributed by atoms with Gasteiger partial charge in [0, 0.05) is 23.7 Å². The number of hydrogen-bond donors (Lipinski definition) is 2. The Morgan fingerprint density at radius 1 is 1.35 bits per heavy atom. The second-order valence-corrected chi connectivity index (χ2v) is 4.89. The summed E-state index contributed by atoms with van der Waals surface area (Å²) in [6, 6.07) is 6.75. The first-order valence-corrected chi connectivity index (χ1v) is 6.34. The summed E-state index contributed by atoms with van der Waals surface area (Å²) in [5.41, 5.74) is 8.58. The molecule has 1 aromatic carbocycles. The molecule has 2 aromatic rings. The van der Waals surface area contributed by atoms with E-state index in [-0.39, 0.29) is 5.82 Å². The highest BCUT2D eigenvalue weighted by Crippen LogP contribution is 2.20. The van der Waals surface area contributed by atoms with E-state index in [1.165, 1.54) is 22.6 Å². The highest BCUT2D eigenvalue weighted by Gasteiger charge is 2.04. The Morgan fingerprint density at radius 2 is 2.18 bits per heavy atom. The number of hydrogen-bond acceptors (Lipinski definition) is 3. The van der Waals surface area contributed by atoms with E-state index in [0.29, 0.717) is 6.54 Å². The smallest absolute Gasteiger partial charge is 0.123 e. The predicted molar refractivity (Wildman–Crippen MR) is 70.7 cm³/mol. The Labute approximate surface area is 104 Å². The lowest BCUT2D eigenvalue weighted by Gasteiger charge is -2.10. The molecule has 1 aromatic heterocycles. The summed E-state index contributed by atoms with van der Waals surface area (Å²) in [7, 11) is 0. The Morgan fingerprint density at radius 3 is 2.82 bits per heavy atom. The number of nitrogens with one attached hydrogen (secondary N) is 1. The van der Waals surface area contributed by atoms with Crippen molar-refractivity contribution in [2.24, 2.45) is 5.73 Å². The van der Waals surface area contributed by atoms with E-state index in [4.69, 9.17) is 5.73 Å². The van der Waals surface area contributed by atoms with Gasteiger partial charge >= 0.3 is 0 Å².